The number of nitrogens with one attached hydrogen (secondary N) is 1. The monoisotopic (exact) mass is 380 g/mol. The molecule has 4 atom stereocenters. The highest BCUT2D eigenvalue weighted by Crippen LogP contribution is 2.33. The van der Waals surface area contributed by atoms with Crippen molar-refractivity contribution >= 4 is 10.8 Å². The number of hydrogen-bond acceptors (Lipinski definition) is 6. The van der Waals surface area contributed by atoms with Crippen molar-refractivity contribution in [3.8, 4) is 22.9 Å². The number of piperidine rings is 2. The molecule has 28 heavy (non-hydrogen) atoms. The molecule has 0 saturated carbocycles. The molecule has 7 heteroatoms. The zero-order chi connectivity index (χ0) is 19.1. The molecule has 2 saturated heterocycles. The van der Waals surface area contributed by atoms with Crippen LogP contribution in [0.5, 0.6) is 11.6 Å². The minimum Gasteiger partial charge on any atom is -0.507 e. The SMILES string of the molecule is Oc1cc2cnccc2cc1-c1ccc(O[C@@H]2CC3CCCC(N3)[C@@H]2F)nn1. The number of aromatic nitrogens is 3. The fraction of sp³-hybridized carbons (Fsp3) is 0.381. The van der Waals surface area contributed by atoms with Gasteiger partial charge in [-0.25, -0.2) is 4.39 Å². The summed E-state index contributed by atoms with van der Waals surface area (Å²) in [6.45, 7) is 0. The van der Waals surface area contributed by atoms with Gasteiger partial charge in [-0.05, 0) is 42.5 Å². The Morgan fingerprint density at radius 1 is 1.11 bits per heavy atom. The van der Waals surface area contributed by atoms with Gasteiger partial charge in [0.25, 0.3) is 0 Å². The Morgan fingerprint density at radius 3 is 2.89 bits per heavy atom. The van der Waals surface area contributed by atoms with Crippen LogP contribution >= 0.6 is 0 Å². The molecule has 4 heterocycles. The van der Waals surface area contributed by atoms with E-state index in [2.05, 4.69) is 20.5 Å². The number of hydrogen-bond donors (Lipinski definition) is 2. The van der Waals surface area contributed by atoms with Gasteiger partial charge in [0.1, 0.15) is 11.9 Å². The van der Waals surface area contributed by atoms with Crippen LogP contribution in [0.4, 0.5) is 4.39 Å². The van der Waals surface area contributed by atoms with Crippen molar-refractivity contribution in [1.29, 1.82) is 0 Å². The third kappa shape index (κ3) is 3.16. The highest BCUT2D eigenvalue weighted by molar-refractivity contribution is 5.89. The van der Waals surface area contributed by atoms with Gasteiger partial charge in [0.05, 0.1) is 5.69 Å². The number of phenols is 1. The first-order valence-corrected chi connectivity index (χ1v) is 9.65. The molecule has 2 aliphatic heterocycles. The van der Waals surface area contributed by atoms with E-state index in [0.717, 1.165) is 30.0 Å². The number of rotatable bonds is 3. The molecule has 5 rings (SSSR count). The van der Waals surface area contributed by atoms with Crippen molar-refractivity contribution in [1.82, 2.24) is 20.5 Å². The van der Waals surface area contributed by atoms with Gasteiger partial charge < -0.3 is 15.2 Å². The summed E-state index contributed by atoms with van der Waals surface area (Å²) in [7, 11) is 0. The maximum atomic E-state index is 14.7. The molecule has 2 unspecified atom stereocenters. The first-order chi connectivity index (χ1) is 13.7. The Bertz CT molecular complexity index is 997. The molecule has 0 spiro atoms. The predicted octanol–water partition coefficient (Wildman–Crippen LogP) is 3.40. The summed E-state index contributed by atoms with van der Waals surface area (Å²) in [5, 5.41) is 23.8. The number of aromatic hydroxyl groups is 1. The Kier molecular flexibility index (Phi) is 4.31. The van der Waals surface area contributed by atoms with Crippen molar-refractivity contribution in [3.05, 3.63) is 42.7 Å². The number of nitrogens with zero attached hydrogens (tertiary/aromatic N) is 3. The first kappa shape index (κ1) is 17.3. The molecular weight excluding hydrogens is 359 g/mol. The number of benzene rings is 1. The van der Waals surface area contributed by atoms with Crippen molar-refractivity contribution in [2.45, 2.75) is 50.0 Å². The van der Waals surface area contributed by atoms with E-state index in [0.29, 0.717) is 29.6 Å². The van der Waals surface area contributed by atoms with E-state index < -0.39 is 12.3 Å². The van der Waals surface area contributed by atoms with E-state index in [1.807, 2.05) is 12.1 Å². The summed E-state index contributed by atoms with van der Waals surface area (Å²) in [5.41, 5.74) is 1.11. The largest absolute Gasteiger partial charge is 0.507 e. The van der Waals surface area contributed by atoms with E-state index in [1.54, 1.807) is 30.6 Å². The predicted molar refractivity (Wildman–Crippen MR) is 103 cm³/mol. The number of halogens is 1. The van der Waals surface area contributed by atoms with Gasteiger partial charge in [0.15, 0.2) is 6.17 Å². The van der Waals surface area contributed by atoms with Gasteiger partial charge in [-0.2, -0.15) is 0 Å². The van der Waals surface area contributed by atoms with Gasteiger partial charge in [-0.15, -0.1) is 10.2 Å². The number of fused-ring (bicyclic) bond motifs is 3. The Labute approximate surface area is 161 Å². The lowest BCUT2D eigenvalue weighted by atomic mass is 9.84. The minimum absolute atomic E-state index is 0.110. The number of pyridine rings is 1. The maximum Gasteiger partial charge on any atom is 0.233 e. The van der Waals surface area contributed by atoms with Gasteiger partial charge in [0, 0.05) is 47.9 Å². The molecule has 3 aromatic rings. The van der Waals surface area contributed by atoms with Crippen LogP contribution in [0.2, 0.25) is 0 Å². The molecular formula is C21H21FN4O2. The van der Waals surface area contributed by atoms with E-state index in [-0.39, 0.29) is 11.8 Å². The lowest BCUT2D eigenvalue weighted by Crippen LogP contribution is -2.59. The molecule has 0 amide bonds. The highest BCUT2D eigenvalue weighted by atomic mass is 19.1. The van der Waals surface area contributed by atoms with Crippen LogP contribution in [-0.4, -0.2) is 44.6 Å². The third-order valence-electron chi connectivity index (χ3n) is 5.72. The standard InChI is InChI=1S/C21H21FN4O2/c22-21-17-3-1-2-14(24-17)10-19(21)28-20-5-4-16(25-26-20)15-8-12-6-7-23-11-13(12)9-18(15)27/h4-9,11,14,17,19,21,24,27H,1-3,10H2/t14?,17?,19-,21+/m1/s1. The van der Waals surface area contributed by atoms with Gasteiger partial charge in [-0.3, -0.25) is 4.98 Å². The topological polar surface area (TPSA) is 80.2 Å². The summed E-state index contributed by atoms with van der Waals surface area (Å²) in [5.74, 6) is 0.416. The van der Waals surface area contributed by atoms with E-state index in [1.165, 1.54) is 0 Å². The maximum absolute atomic E-state index is 14.7. The van der Waals surface area contributed by atoms with Crippen LogP contribution in [0.1, 0.15) is 25.7 Å². The van der Waals surface area contributed by atoms with E-state index in [9.17, 15) is 9.50 Å². The zero-order valence-corrected chi connectivity index (χ0v) is 15.3. The van der Waals surface area contributed by atoms with Crippen LogP contribution in [0.15, 0.2) is 42.7 Å². The molecule has 0 aliphatic carbocycles. The average molecular weight is 380 g/mol. The molecule has 0 radical (unpaired) electrons. The van der Waals surface area contributed by atoms with E-state index in [4.69, 9.17) is 4.74 Å². The van der Waals surface area contributed by atoms with Crippen molar-refractivity contribution in [2.75, 3.05) is 0 Å². The number of alkyl halides is 1. The highest BCUT2D eigenvalue weighted by Gasteiger charge is 2.41. The molecule has 2 aromatic heterocycles. The molecule has 2 N–H and O–H groups in total. The van der Waals surface area contributed by atoms with Crippen molar-refractivity contribution in [2.24, 2.45) is 0 Å². The van der Waals surface area contributed by atoms with Crippen molar-refractivity contribution < 1.29 is 14.2 Å². The van der Waals surface area contributed by atoms with Gasteiger partial charge in [0.2, 0.25) is 5.88 Å². The molecule has 1 aromatic carbocycles. The lowest BCUT2D eigenvalue weighted by Gasteiger charge is -2.42. The van der Waals surface area contributed by atoms with Gasteiger partial charge >= 0.3 is 0 Å². The molecule has 144 valence electrons. The normalized spacial score (nSPS) is 26.9. The van der Waals surface area contributed by atoms with Crippen LogP contribution in [-0.2, 0) is 0 Å². The quantitative estimate of drug-likeness (QED) is 0.725. The zero-order valence-electron chi connectivity index (χ0n) is 15.3. The van der Waals surface area contributed by atoms with Crippen LogP contribution in [0.25, 0.3) is 22.0 Å². The molecule has 2 fully saturated rings. The Morgan fingerprint density at radius 2 is 2.04 bits per heavy atom. The number of phenolic OH excluding ortho intramolecular Hbond substituents is 1. The minimum atomic E-state index is -1.05. The molecule has 2 aliphatic rings. The second-order valence-electron chi connectivity index (χ2n) is 7.59. The van der Waals surface area contributed by atoms with Crippen molar-refractivity contribution in [3.63, 3.8) is 0 Å². The number of ether oxygens (including phenoxy) is 1. The summed E-state index contributed by atoms with van der Waals surface area (Å²) in [4.78, 5) is 4.06. The van der Waals surface area contributed by atoms with E-state index >= 15 is 0 Å². The molecule has 2 bridgehead atoms. The van der Waals surface area contributed by atoms with Gasteiger partial charge in [-0.1, -0.05) is 6.42 Å². The second kappa shape index (κ2) is 6.98. The Balaban J connectivity index is 1.37. The lowest BCUT2D eigenvalue weighted by molar-refractivity contribution is 0.00652. The second-order valence-corrected chi connectivity index (χ2v) is 7.59. The summed E-state index contributed by atoms with van der Waals surface area (Å²) < 4.78 is 20.5. The Hall–Kier alpha value is -2.80. The smallest absolute Gasteiger partial charge is 0.233 e. The fourth-order valence-electron chi connectivity index (χ4n) is 4.28. The fourth-order valence-corrected chi connectivity index (χ4v) is 4.28. The van der Waals surface area contributed by atoms with Crippen LogP contribution < -0.4 is 10.1 Å². The third-order valence-corrected chi connectivity index (χ3v) is 5.72. The first-order valence-electron chi connectivity index (χ1n) is 9.65. The van der Waals surface area contributed by atoms with Crippen LogP contribution in [0, 0.1) is 0 Å². The molecule has 6 nitrogen and oxygen atoms in total. The summed E-state index contributed by atoms with van der Waals surface area (Å²) in [6, 6.07) is 8.98. The van der Waals surface area contributed by atoms with Crippen LogP contribution in [0.3, 0.4) is 0 Å². The summed E-state index contributed by atoms with van der Waals surface area (Å²) in [6.07, 6.45) is 5.46. The summed E-state index contributed by atoms with van der Waals surface area (Å²) >= 11 is 0. The average Bonchev–Trinajstić information content (AvgIpc) is 2.72.